The molecule has 4 aliphatic heterocycles. The van der Waals surface area contributed by atoms with E-state index in [1.807, 2.05) is 12.1 Å². The zero-order valence-electron chi connectivity index (χ0n) is 16.6. The first-order chi connectivity index (χ1) is 13.9. The summed E-state index contributed by atoms with van der Waals surface area (Å²) in [4.78, 5) is 31.4. The van der Waals surface area contributed by atoms with Crippen LogP contribution in [0, 0.1) is 11.8 Å². The fourth-order valence-electron chi connectivity index (χ4n) is 5.76. The van der Waals surface area contributed by atoms with Gasteiger partial charge in [0.25, 0.3) is 5.91 Å². The molecule has 4 heterocycles. The van der Waals surface area contributed by atoms with Crippen molar-refractivity contribution in [3.05, 3.63) is 35.5 Å². The van der Waals surface area contributed by atoms with Gasteiger partial charge in [-0.2, -0.15) is 5.06 Å². The van der Waals surface area contributed by atoms with Crippen LogP contribution in [0.15, 0.2) is 30.0 Å². The lowest BCUT2D eigenvalue weighted by molar-refractivity contribution is -0.138. The largest absolute Gasteiger partial charge is 0.497 e. The van der Waals surface area contributed by atoms with Gasteiger partial charge < -0.3 is 9.47 Å². The number of allylic oxidation sites excluding steroid dienone is 1. The SMILES string of the molecule is COc1ccc2c(c1)N(OC)C(=O)[C@@]21CC2C3COC1CC3C(C(C)=O)=CN2O. The Balaban J connectivity index is 1.68. The average Bonchev–Trinajstić information content (AvgIpc) is 2.82. The number of anilines is 1. The molecule has 1 aromatic rings. The molecular formula is C21H24N2O6. The molecule has 4 unspecified atom stereocenters. The van der Waals surface area contributed by atoms with Gasteiger partial charge in [0.2, 0.25) is 0 Å². The predicted octanol–water partition coefficient (Wildman–Crippen LogP) is 1.81. The lowest BCUT2D eigenvalue weighted by Gasteiger charge is -2.42. The Kier molecular flexibility index (Phi) is 4.03. The molecule has 0 aromatic heterocycles. The number of benzene rings is 1. The van der Waals surface area contributed by atoms with Crippen molar-refractivity contribution in [2.45, 2.75) is 37.3 Å². The second kappa shape index (κ2) is 6.29. The first kappa shape index (κ1) is 18.6. The summed E-state index contributed by atoms with van der Waals surface area (Å²) in [7, 11) is 3.03. The van der Waals surface area contributed by atoms with Gasteiger partial charge in [-0.05, 0) is 37.3 Å². The number of carbonyl (C=O) groups excluding carboxylic acids is 2. The molecule has 154 valence electrons. The number of Topliss-reactive ketones (excluding diaryl/α,β-unsaturated/α-hetero) is 1. The first-order valence-corrected chi connectivity index (χ1v) is 9.81. The van der Waals surface area contributed by atoms with Crippen molar-refractivity contribution in [1.82, 2.24) is 5.06 Å². The number of rotatable bonds is 3. The molecule has 1 aromatic carbocycles. The maximum atomic E-state index is 13.7. The summed E-state index contributed by atoms with van der Waals surface area (Å²) in [5, 5.41) is 13.2. The highest BCUT2D eigenvalue weighted by atomic mass is 16.7. The van der Waals surface area contributed by atoms with Gasteiger partial charge in [-0.15, -0.1) is 0 Å². The van der Waals surface area contributed by atoms with Crippen molar-refractivity contribution in [2.24, 2.45) is 11.8 Å². The number of hydroxylamine groups is 3. The molecule has 4 bridgehead atoms. The fourth-order valence-corrected chi connectivity index (χ4v) is 5.76. The summed E-state index contributed by atoms with van der Waals surface area (Å²) in [6.45, 7) is 1.92. The lowest BCUT2D eigenvalue weighted by Crippen LogP contribution is -2.50. The molecule has 1 amide bonds. The number of nitrogens with zero attached hydrogens (tertiary/aromatic N) is 2. The number of carbonyl (C=O) groups is 2. The van der Waals surface area contributed by atoms with Crippen LogP contribution in [-0.2, 0) is 24.6 Å². The monoisotopic (exact) mass is 400 g/mol. The highest BCUT2D eigenvalue weighted by Gasteiger charge is 2.64. The van der Waals surface area contributed by atoms with Gasteiger partial charge in [0.05, 0.1) is 38.7 Å². The molecule has 8 nitrogen and oxygen atoms in total. The Morgan fingerprint density at radius 1 is 1.34 bits per heavy atom. The minimum Gasteiger partial charge on any atom is -0.497 e. The van der Waals surface area contributed by atoms with Crippen molar-refractivity contribution < 1.29 is 29.1 Å². The van der Waals surface area contributed by atoms with E-state index in [-0.39, 0.29) is 29.6 Å². The second-order valence-electron chi connectivity index (χ2n) is 8.26. The third-order valence-corrected chi connectivity index (χ3v) is 7.12. The van der Waals surface area contributed by atoms with Crippen LogP contribution in [0.2, 0.25) is 0 Å². The first-order valence-electron chi connectivity index (χ1n) is 9.81. The highest BCUT2D eigenvalue weighted by Crippen LogP contribution is 2.57. The maximum Gasteiger partial charge on any atom is 0.264 e. The molecule has 8 heteroatoms. The van der Waals surface area contributed by atoms with Gasteiger partial charge in [-0.3, -0.25) is 24.7 Å². The molecule has 1 spiro atoms. The molecule has 3 fully saturated rings. The molecule has 0 radical (unpaired) electrons. The van der Waals surface area contributed by atoms with E-state index in [2.05, 4.69) is 0 Å². The third-order valence-electron chi connectivity index (χ3n) is 7.12. The molecule has 29 heavy (non-hydrogen) atoms. The lowest BCUT2D eigenvalue weighted by atomic mass is 9.72. The number of ether oxygens (including phenoxy) is 2. The Hall–Kier alpha value is -2.42. The molecule has 2 saturated heterocycles. The van der Waals surface area contributed by atoms with Gasteiger partial charge in [-0.1, -0.05) is 6.07 Å². The van der Waals surface area contributed by atoms with E-state index < -0.39 is 11.5 Å². The maximum absolute atomic E-state index is 13.7. The summed E-state index contributed by atoms with van der Waals surface area (Å²) in [6.07, 6.45) is 2.06. The molecule has 6 rings (SSSR count). The Morgan fingerprint density at radius 2 is 2.14 bits per heavy atom. The summed E-state index contributed by atoms with van der Waals surface area (Å²) in [6, 6.07) is 5.17. The normalized spacial score (nSPS) is 34.9. The number of fused-ring (bicyclic) bond motifs is 2. The number of ketones is 1. The van der Waals surface area contributed by atoms with Crippen LogP contribution < -0.4 is 9.80 Å². The highest BCUT2D eigenvalue weighted by molar-refractivity contribution is 6.07. The van der Waals surface area contributed by atoms with Crippen molar-refractivity contribution in [3.63, 3.8) is 0 Å². The van der Waals surface area contributed by atoms with Crippen molar-refractivity contribution >= 4 is 17.4 Å². The molecule has 1 saturated carbocycles. The predicted molar refractivity (Wildman–Crippen MR) is 101 cm³/mol. The van der Waals surface area contributed by atoms with Crippen molar-refractivity contribution in [1.29, 1.82) is 0 Å². The van der Waals surface area contributed by atoms with Crippen LogP contribution >= 0.6 is 0 Å². The molecule has 1 aliphatic carbocycles. The van der Waals surface area contributed by atoms with Crippen LogP contribution in [0.5, 0.6) is 5.75 Å². The van der Waals surface area contributed by atoms with Crippen molar-refractivity contribution in [2.75, 3.05) is 25.9 Å². The van der Waals surface area contributed by atoms with E-state index in [0.717, 1.165) is 10.6 Å². The summed E-state index contributed by atoms with van der Waals surface area (Å²) in [5.74, 6) is 0.267. The number of hydrogen-bond acceptors (Lipinski definition) is 7. The van der Waals surface area contributed by atoms with Crippen LogP contribution in [-0.4, -0.2) is 54.9 Å². The van der Waals surface area contributed by atoms with E-state index in [4.69, 9.17) is 14.3 Å². The number of methoxy groups -OCH3 is 1. The Labute approximate surface area is 168 Å². The van der Waals surface area contributed by atoms with Crippen LogP contribution in [0.3, 0.4) is 0 Å². The van der Waals surface area contributed by atoms with Crippen molar-refractivity contribution in [3.8, 4) is 5.75 Å². The average molecular weight is 400 g/mol. The van der Waals surface area contributed by atoms with E-state index >= 15 is 0 Å². The molecule has 1 N–H and O–H groups in total. The topological polar surface area (TPSA) is 88.5 Å². The summed E-state index contributed by atoms with van der Waals surface area (Å²) in [5.41, 5.74) is 1.04. The standard InChI is InChI=1S/C21H24N2O6/c1-11(24)14-9-22(26)18-8-21(19-7-13(14)15(18)10-29-19)16-5-4-12(27-2)6-17(16)23(28-3)20(21)25/h4-6,9,13,15,18-19,26H,7-8,10H2,1-3H3/t13?,15?,18?,19?,21-/m0/s1. The zero-order chi connectivity index (χ0) is 20.5. The Bertz CT molecular complexity index is 930. The summed E-state index contributed by atoms with van der Waals surface area (Å²) < 4.78 is 11.6. The van der Waals surface area contributed by atoms with E-state index in [1.165, 1.54) is 25.3 Å². The second-order valence-corrected chi connectivity index (χ2v) is 8.26. The fraction of sp³-hybridized carbons (Fsp3) is 0.524. The van der Waals surface area contributed by atoms with Gasteiger partial charge in [0, 0.05) is 23.8 Å². The van der Waals surface area contributed by atoms with E-state index in [9.17, 15) is 14.8 Å². The van der Waals surface area contributed by atoms with Crippen LogP contribution in [0.1, 0.15) is 25.3 Å². The van der Waals surface area contributed by atoms with Crippen LogP contribution in [0.25, 0.3) is 0 Å². The summed E-state index contributed by atoms with van der Waals surface area (Å²) >= 11 is 0. The minimum absolute atomic E-state index is 0.0369. The Morgan fingerprint density at radius 3 is 2.83 bits per heavy atom. The zero-order valence-corrected chi connectivity index (χ0v) is 16.6. The minimum atomic E-state index is -0.993. The number of amides is 1. The smallest absolute Gasteiger partial charge is 0.264 e. The third kappa shape index (κ3) is 2.30. The molecule has 5 atom stereocenters. The van der Waals surface area contributed by atoms with Gasteiger partial charge in [0.1, 0.15) is 11.2 Å². The van der Waals surface area contributed by atoms with Gasteiger partial charge >= 0.3 is 0 Å². The van der Waals surface area contributed by atoms with E-state index in [1.54, 1.807) is 13.2 Å². The molecule has 5 aliphatic rings. The van der Waals surface area contributed by atoms with Crippen LogP contribution in [0.4, 0.5) is 5.69 Å². The van der Waals surface area contributed by atoms with Gasteiger partial charge in [-0.25, -0.2) is 0 Å². The number of hydrogen-bond donors (Lipinski definition) is 1. The molecular weight excluding hydrogens is 376 g/mol. The quantitative estimate of drug-likeness (QED) is 0.828. The van der Waals surface area contributed by atoms with Gasteiger partial charge in [0.15, 0.2) is 5.78 Å². The van der Waals surface area contributed by atoms with E-state index in [0.29, 0.717) is 36.5 Å².